The quantitative estimate of drug-likeness (QED) is 0.876. The lowest BCUT2D eigenvalue weighted by atomic mass is 10.1. The molecule has 2 N–H and O–H groups in total. The van der Waals surface area contributed by atoms with Gasteiger partial charge in [-0.3, -0.25) is 0 Å². The molecule has 1 aliphatic rings. The molecule has 0 spiro atoms. The Labute approximate surface area is 98.5 Å². The molecule has 1 saturated heterocycles. The summed E-state index contributed by atoms with van der Waals surface area (Å²) in [7, 11) is 0. The molecular formula is C12H15F2NO2. The minimum atomic E-state index is -0.635. The van der Waals surface area contributed by atoms with Gasteiger partial charge in [-0.15, -0.1) is 0 Å². The molecule has 1 aromatic rings. The summed E-state index contributed by atoms with van der Waals surface area (Å²) in [6.45, 7) is 1.44. The van der Waals surface area contributed by atoms with Gasteiger partial charge in [-0.25, -0.2) is 8.78 Å². The van der Waals surface area contributed by atoms with Gasteiger partial charge in [0.15, 0.2) is 0 Å². The van der Waals surface area contributed by atoms with Gasteiger partial charge in [-0.05, 0) is 12.5 Å². The van der Waals surface area contributed by atoms with Gasteiger partial charge in [0, 0.05) is 18.2 Å². The zero-order chi connectivity index (χ0) is 12.3. The number of hydrogen-bond acceptors (Lipinski definition) is 3. The fraction of sp³-hybridized carbons (Fsp3) is 0.500. The Bertz CT molecular complexity index is 381. The SMILES string of the molecule is NC(COC1CCOC1)c1ccc(F)cc1F. The highest BCUT2D eigenvalue weighted by Gasteiger charge is 2.19. The normalized spacial score (nSPS) is 21.7. The molecule has 94 valence electrons. The van der Waals surface area contributed by atoms with Crippen LogP contribution in [-0.2, 0) is 9.47 Å². The predicted molar refractivity (Wildman–Crippen MR) is 58.5 cm³/mol. The lowest BCUT2D eigenvalue weighted by molar-refractivity contribution is 0.0345. The summed E-state index contributed by atoms with van der Waals surface area (Å²) in [6.07, 6.45) is 0.864. The first-order chi connectivity index (χ1) is 8.16. The van der Waals surface area contributed by atoms with E-state index in [2.05, 4.69) is 0 Å². The molecule has 1 heterocycles. The smallest absolute Gasteiger partial charge is 0.130 e. The van der Waals surface area contributed by atoms with Crippen LogP contribution < -0.4 is 5.73 Å². The van der Waals surface area contributed by atoms with Crippen LogP contribution in [-0.4, -0.2) is 25.9 Å². The van der Waals surface area contributed by atoms with E-state index in [1.807, 2.05) is 0 Å². The van der Waals surface area contributed by atoms with Crippen LogP contribution in [0.4, 0.5) is 8.78 Å². The molecule has 0 aliphatic carbocycles. The first kappa shape index (κ1) is 12.4. The van der Waals surface area contributed by atoms with Crippen molar-refractivity contribution >= 4 is 0 Å². The van der Waals surface area contributed by atoms with Crippen LogP contribution in [0.1, 0.15) is 18.0 Å². The molecule has 2 rings (SSSR count). The Morgan fingerprint density at radius 3 is 2.94 bits per heavy atom. The van der Waals surface area contributed by atoms with E-state index in [1.165, 1.54) is 12.1 Å². The molecule has 1 fully saturated rings. The maximum absolute atomic E-state index is 13.4. The second-order valence-corrected chi connectivity index (χ2v) is 4.09. The molecule has 5 heteroatoms. The maximum Gasteiger partial charge on any atom is 0.130 e. The molecule has 1 aliphatic heterocycles. The first-order valence-corrected chi connectivity index (χ1v) is 5.56. The van der Waals surface area contributed by atoms with Crippen molar-refractivity contribution in [2.75, 3.05) is 19.8 Å². The Morgan fingerprint density at radius 1 is 1.47 bits per heavy atom. The van der Waals surface area contributed by atoms with Gasteiger partial charge in [-0.2, -0.15) is 0 Å². The van der Waals surface area contributed by atoms with Crippen molar-refractivity contribution in [2.45, 2.75) is 18.6 Å². The summed E-state index contributed by atoms with van der Waals surface area (Å²) >= 11 is 0. The second-order valence-electron chi connectivity index (χ2n) is 4.09. The van der Waals surface area contributed by atoms with Crippen molar-refractivity contribution in [1.29, 1.82) is 0 Å². The Kier molecular flexibility index (Phi) is 4.04. The average Bonchev–Trinajstić information content (AvgIpc) is 2.78. The molecule has 0 aromatic heterocycles. The molecule has 0 saturated carbocycles. The number of ether oxygens (including phenoxy) is 2. The van der Waals surface area contributed by atoms with E-state index in [0.29, 0.717) is 13.2 Å². The van der Waals surface area contributed by atoms with E-state index in [9.17, 15) is 8.78 Å². The van der Waals surface area contributed by atoms with Gasteiger partial charge in [0.1, 0.15) is 11.6 Å². The fourth-order valence-corrected chi connectivity index (χ4v) is 1.78. The highest BCUT2D eigenvalue weighted by atomic mass is 19.1. The molecule has 0 bridgehead atoms. The zero-order valence-electron chi connectivity index (χ0n) is 9.36. The van der Waals surface area contributed by atoms with E-state index in [-0.39, 0.29) is 18.3 Å². The third kappa shape index (κ3) is 3.21. The van der Waals surface area contributed by atoms with E-state index >= 15 is 0 Å². The van der Waals surface area contributed by atoms with Crippen LogP contribution in [0, 0.1) is 11.6 Å². The van der Waals surface area contributed by atoms with Crippen LogP contribution >= 0.6 is 0 Å². The molecule has 17 heavy (non-hydrogen) atoms. The van der Waals surface area contributed by atoms with Crippen molar-refractivity contribution in [3.8, 4) is 0 Å². The topological polar surface area (TPSA) is 44.5 Å². The lowest BCUT2D eigenvalue weighted by Gasteiger charge is -2.16. The Hall–Kier alpha value is -1.04. The van der Waals surface area contributed by atoms with E-state index in [4.69, 9.17) is 15.2 Å². The molecule has 0 amide bonds. The molecule has 2 atom stereocenters. The Morgan fingerprint density at radius 2 is 2.29 bits per heavy atom. The number of hydrogen-bond donors (Lipinski definition) is 1. The summed E-state index contributed by atoms with van der Waals surface area (Å²) < 4.78 is 36.8. The van der Waals surface area contributed by atoms with Crippen LogP contribution in [0.25, 0.3) is 0 Å². The van der Waals surface area contributed by atoms with Gasteiger partial charge >= 0.3 is 0 Å². The van der Waals surface area contributed by atoms with Crippen LogP contribution in [0.3, 0.4) is 0 Å². The summed E-state index contributed by atoms with van der Waals surface area (Å²) in [5.74, 6) is -1.24. The van der Waals surface area contributed by atoms with Gasteiger partial charge in [0.25, 0.3) is 0 Å². The van der Waals surface area contributed by atoms with Gasteiger partial charge in [-0.1, -0.05) is 6.07 Å². The van der Waals surface area contributed by atoms with Crippen LogP contribution in [0.5, 0.6) is 0 Å². The largest absolute Gasteiger partial charge is 0.379 e. The fourth-order valence-electron chi connectivity index (χ4n) is 1.78. The van der Waals surface area contributed by atoms with Gasteiger partial charge < -0.3 is 15.2 Å². The first-order valence-electron chi connectivity index (χ1n) is 5.56. The van der Waals surface area contributed by atoms with Crippen molar-refractivity contribution in [3.63, 3.8) is 0 Å². The maximum atomic E-state index is 13.4. The summed E-state index contributed by atoms with van der Waals surface area (Å²) in [5.41, 5.74) is 6.06. The third-order valence-corrected chi connectivity index (χ3v) is 2.76. The lowest BCUT2D eigenvalue weighted by Crippen LogP contribution is -2.23. The monoisotopic (exact) mass is 243 g/mol. The predicted octanol–water partition coefficient (Wildman–Crippen LogP) is 1.77. The zero-order valence-corrected chi connectivity index (χ0v) is 9.36. The summed E-state index contributed by atoms with van der Waals surface area (Å²) in [6, 6.07) is 2.78. The van der Waals surface area contributed by atoms with Crippen molar-refractivity contribution in [2.24, 2.45) is 5.73 Å². The molecular weight excluding hydrogens is 228 g/mol. The third-order valence-electron chi connectivity index (χ3n) is 2.76. The number of benzene rings is 1. The number of nitrogens with two attached hydrogens (primary N) is 1. The highest BCUT2D eigenvalue weighted by molar-refractivity contribution is 5.21. The number of halogens is 2. The Balaban J connectivity index is 1.91. The van der Waals surface area contributed by atoms with Crippen molar-refractivity contribution in [1.82, 2.24) is 0 Å². The summed E-state index contributed by atoms with van der Waals surface area (Å²) in [5, 5.41) is 0. The van der Waals surface area contributed by atoms with Gasteiger partial charge in [0.05, 0.1) is 25.4 Å². The molecule has 3 nitrogen and oxygen atoms in total. The minimum Gasteiger partial charge on any atom is -0.379 e. The van der Waals surface area contributed by atoms with Gasteiger partial charge in [0.2, 0.25) is 0 Å². The summed E-state index contributed by atoms with van der Waals surface area (Å²) in [4.78, 5) is 0. The van der Waals surface area contributed by atoms with E-state index < -0.39 is 17.7 Å². The molecule has 0 radical (unpaired) electrons. The van der Waals surface area contributed by atoms with Crippen LogP contribution in [0.15, 0.2) is 18.2 Å². The average molecular weight is 243 g/mol. The molecule has 2 unspecified atom stereocenters. The minimum absolute atomic E-state index is 0.0320. The van der Waals surface area contributed by atoms with Crippen molar-refractivity contribution in [3.05, 3.63) is 35.4 Å². The van der Waals surface area contributed by atoms with E-state index in [0.717, 1.165) is 12.5 Å². The second kappa shape index (κ2) is 5.53. The molecule has 1 aromatic carbocycles. The number of rotatable bonds is 4. The standard InChI is InChI=1S/C12H15F2NO2/c13-8-1-2-10(11(14)5-8)12(15)7-17-9-3-4-16-6-9/h1-2,5,9,12H,3-4,6-7,15H2. The van der Waals surface area contributed by atoms with E-state index in [1.54, 1.807) is 0 Å². The van der Waals surface area contributed by atoms with Crippen molar-refractivity contribution < 1.29 is 18.3 Å². The van der Waals surface area contributed by atoms with Crippen LogP contribution in [0.2, 0.25) is 0 Å². The highest BCUT2D eigenvalue weighted by Crippen LogP contribution is 2.18.